The van der Waals surface area contributed by atoms with Crippen LogP contribution in [0.4, 0.5) is 5.69 Å². The maximum atomic E-state index is 11.8. The van der Waals surface area contributed by atoms with Gasteiger partial charge in [0.25, 0.3) is 5.91 Å². The zero-order valence-electron chi connectivity index (χ0n) is 12.7. The van der Waals surface area contributed by atoms with E-state index in [0.717, 1.165) is 13.0 Å². The molecule has 0 aliphatic carbocycles. The number of carbonyl (C=O) groups is 2. The minimum absolute atomic E-state index is 0. The van der Waals surface area contributed by atoms with Crippen LogP contribution in [0.3, 0.4) is 0 Å². The minimum Gasteiger partial charge on any atom is -0.352 e. The van der Waals surface area contributed by atoms with E-state index in [0.29, 0.717) is 17.8 Å². The van der Waals surface area contributed by atoms with Crippen molar-refractivity contribution in [2.75, 3.05) is 25.5 Å². The van der Waals surface area contributed by atoms with Gasteiger partial charge in [-0.25, -0.2) is 0 Å². The van der Waals surface area contributed by atoms with Crippen LogP contribution in [0, 0.1) is 5.92 Å². The van der Waals surface area contributed by atoms with Crippen molar-refractivity contribution in [2.24, 2.45) is 5.92 Å². The van der Waals surface area contributed by atoms with E-state index < -0.39 is 0 Å². The minimum atomic E-state index is -0.0946. The van der Waals surface area contributed by atoms with Gasteiger partial charge in [-0.05, 0) is 44.3 Å². The second-order valence-electron chi connectivity index (χ2n) is 4.93. The van der Waals surface area contributed by atoms with Crippen LogP contribution in [0.15, 0.2) is 24.3 Å². The number of nitrogens with one attached hydrogen (secondary N) is 3. The summed E-state index contributed by atoms with van der Waals surface area (Å²) < 4.78 is 0. The molecule has 1 rings (SSSR count). The summed E-state index contributed by atoms with van der Waals surface area (Å²) in [6, 6.07) is 6.90. The zero-order chi connectivity index (χ0) is 15.0. The number of rotatable bonds is 7. The Labute approximate surface area is 132 Å². The summed E-state index contributed by atoms with van der Waals surface area (Å²) in [4.78, 5) is 23.4. The third kappa shape index (κ3) is 7.11. The largest absolute Gasteiger partial charge is 0.352 e. The summed E-state index contributed by atoms with van der Waals surface area (Å²) in [5, 5.41) is 8.66. The molecule has 0 aromatic heterocycles. The van der Waals surface area contributed by atoms with Crippen LogP contribution >= 0.6 is 12.4 Å². The molecule has 1 aromatic rings. The summed E-state index contributed by atoms with van der Waals surface area (Å²) in [5.41, 5.74) is 1.30. The summed E-state index contributed by atoms with van der Waals surface area (Å²) in [6.07, 6.45) is 0.894. The van der Waals surface area contributed by atoms with E-state index in [-0.39, 0.29) is 30.1 Å². The molecule has 0 heterocycles. The highest BCUT2D eigenvalue weighted by atomic mass is 35.5. The van der Waals surface area contributed by atoms with Crippen molar-refractivity contribution in [1.29, 1.82) is 0 Å². The number of carbonyl (C=O) groups excluding carboxylic acids is 2. The Morgan fingerprint density at radius 3 is 2.24 bits per heavy atom. The molecule has 0 fully saturated rings. The first-order valence-corrected chi connectivity index (χ1v) is 6.88. The number of hydrogen-bond donors (Lipinski definition) is 3. The maximum absolute atomic E-state index is 11.8. The van der Waals surface area contributed by atoms with Crippen molar-refractivity contribution in [3.05, 3.63) is 29.8 Å². The predicted molar refractivity (Wildman–Crippen MR) is 88.0 cm³/mol. The average molecular weight is 314 g/mol. The molecular formula is C15H24ClN3O2. The normalized spacial score (nSPS) is 9.90. The van der Waals surface area contributed by atoms with Gasteiger partial charge in [0, 0.05) is 23.7 Å². The van der Waals surface area contributed by atoms with Crippen molar-refractivity contribution >= 4 is 29.9 Å². The third-order valence-electron chi connectivity index (χ3n) is 2.83. The van der Waals surface area contributed by atoms with Crippen LogP contribution in [0.1, 0.15) is 30.6 Å². The van der Waals surface area contributed by atoms with Crippen molar-refractivity contribution < 1.29 is 9.59 Å². The van der Waals surface area contributed by atoms with E-state index in [9.17, 15) is 9.59 Å². The van der Waals surface area contributed by atoms with Gasteiger partial charge in [-0.2, -0.15) is 0 Å². The van der Waals surface area contributed by atoms with E-state index in [2.05, 4.69) is 16.0 Å². The Morgan fingerprint density at radius 2 is 1.71 bits per heavy atom. The molecule has 0 radical (unpaired) electrons. The predicted octanol–water partition coefficient (Wildman–Crippen LogP) is 2.04. The Morgan fingerprint density at radius 1 is 1.10 bits per heavy atom. The first kappa shape index (κ1) is 19.4. The van der Waals surface area contributed by atoms with E-state index >= 15 is 0 Å². The number of amides is 2. The lowest BCUT2D eigenvalue weighted by Crippen LogP contribution is -2.26. The second-order valence-corrected chi connectivity index (χ2v) is 4.93. The van der Waals surface area contributed by atoms with E-state index in [4.69, 9.17) is 0 Å². The molecule has 0 atom stereocenters. The number of benzene rings is 1. The molecule has 0 aliphatic rings. The first-order chi connectivity index (χ1) is 9.54. The van der Waals surface area contributed by atoms with Gasteiger partial charge >= 0.3 is 0 Å². The van der Waals surface area contributed by atoms with Crippen molar-refractivity contribution in [2.45, 2.75) is 20.3 Å². The molecule has 2 amide bonds. The van der Waals surface area contributed by atoms with Gasteiger partial charge in [0.2, 0.25) is 5.91 Å². The fraction of sp³-hybridized carbons (Fsp3) is 0.467. The lowest BCUT2D eigenvalue weighted by Gasteiger charge is -2.09. The second kappa shape index (κ2) is 10.2. The maximum Gasteiger partial charge on any atom is 0.251 e. The lowest BCUT2D eigenvalue weighted by molar-refractivity contribution is -0.118. The van der Waals surface area contributed by atoms with Crippen molar-refractivity contribution in [3.8, 4) is 0 Å². The summed E-state index contributed by atoms with van der Waals surface area (Å²) in [7, 11) is 1.88. The van der Waals surface area contributed by atoms with Crippen LogP contribution < -0.4 is 16.0 Å². The molecule has 5 nitrogen and oxygen atoms in total. The molecule has 1 aromatic carbocycles. The number of hydrogen-bond acceptors (Lipinski definition) is 3. The molecule has 3 N–H and O–H groups in total. The monoisotopic (exact) mass is 313 g/mol. The number of anilines is 1. The molecule has 21 heavy (non-hydrogen) atoms. The molecule has 0 spiro atoms. The number of halogens is 1. The van der Waals surface area contributed by atoms with Crippen molar-refractivity contribution in [1.82, 2.24) is 10.6 Å². The highest BCUT2D eigenvalue weighted by Crippen LogP contribution is 2.11. The van der Waals surface area contributed by atoms with Gasteiger partial charge < -0.3 is 16.0 Å². The van der Waals surface area contributed by atoms with Gasteiger partial charge in [0.15, 0.2) is 0 Å². The van der Waals surface area contributed by atoms with Crippen LogP contribution in [0.2, 0.25) is 0 Å². The Balaban J connectivity index is 0.00000400. The molecule has 0 saturated heterocycles. The molecule has 118 valence electrons. The smallest absolute Gasteiger partial charge is 0.251 e. The fourth-order valence-corrected chi connectivity index (χ4v) is 1.56. The Hall–Kier alpha value is -1.59. The van der Waals surface area contributed by atoms with Gasteiger partial charge in [-0.1, -0.05) is 13.8 Å². The molecule has 0 aliphatic heterocycles. The van der Waals surface area contributed by atoms with Gasteiger partial charge in [-0.15, -0.1) is 12.4 Å². The van der Waals surface area contributed by atoms with Crippen molar-refractivity contribution in [3.63, 3.8) is 0 Å². The summed E-state index contributed by atoms with van der Waals surface area (Å²) in [5.74, 6) is -0.192. The summed E-state index contributed by atoms with van der Waals surface area (Å²) >= 11 is 0. The Kier molecular flexibility index (Phi) is 9.41. The SMILES string of the molecule is CNCCCNC(=O)c1ccc(NC(=O)C(C)C)cc1.Cl. The zero-order valence-corrected chi connectivity index (χ0v) is 13.5. The highest BCUT2D eigenvalue weighted by Gasteiger charge is 2.08. The molecule has 0 bridgehead atoms. The topological polar surface area (TPSA) is 70.2 Å². The average Bonchev–Trinajstić information content (AvgIpc) is 2.44. The quantitative estimate of drug-likeness (QED) is 0.675. The summed E-state index contributed by atoms with van der Waals surface area (Å²) in [6.45, 7) is 5.19. The van der Waals surface area contributed by atoms with Crippen LogP contribution in [0.25, 0.3) is 0 Å². The highest BCUT2D eigenvalue weighted by molar-refractivity contribution is 5.96. The molecule has 0 unspecified atom stereocenters. The molecule has 0 saturated carbocycles. The molecular weight excluding hydrogens is 290 g/mol. The van der Waals surface area contributed by atoms with Gasteiger partial charge in [0.05, 0.1) is 0 Å². The van der Waals surface area contributed by atoms with E-state index in [1.54, 1.807) is 24.3 Å². The fourth-order valence-electron chi connectivity index (χ4n) is 1.56. The van der Waals surface area contributed by atoms with Gasteiger partial charge in [-0.3, -0.25) is 9.59 Å². The molecule has 6 heteroatoms. The van der Waals surface area contributed by atoms with Crippen LogP contribution in [-0.4, -0.2) is 32.0 Å². The lowest BCUT2D eigenvalue weighted by atomic mass is 10.1. The van der Waals surface area contributed by atoms with E-state index in [1.807, 2.05) is 20.9 Å². The first-order valence-electron chi connectivity index (χ1n) is 6.88. The van der Waals surface area contributed by atoms with E-state index in [1.165, 1.54) is 0 Å². The van der Waals surface area contributed by atoms with Crippen LogP contribution in [0.5, 0.6) is 0 Å². The standard InChI is InChI=1S/C15H23N3O2.ClH/c1-11(2)14(19)18-13-7-5-12(6-8-13)15(20)17-10-4-9-16-3;/h5-8,11,16H,4,9-10H2,1-3H3,(H,17,20)(H,18,19);1H. The third-order valence-corrected chi connectivity index (χ3v) is 2.83. The van der Waals surface area contributed by atoms with Gasteiger partial charge in [0.1, 0.15) is 0 Å². The van der Waals surface area contributed by atoms with Crippen LogP contribution in [-0.2, 0) is 4.79 Å². The Bertz CT molecular complexity index is 447.